The molecule has 1 fully saturated rings. The van der Waals surface area contributed by atoms with E-state index >= 15 is 0 Å². The van der Waals surface area contributed by atoms with Crippen LogP contribution >= 0.6 is 11.8 Å². The van der Waals surface area contributed by atoms with Gasteiger partial charge in [0.25, 0.3) is 0 Å². The number of rotatable bonds is 10. The Morgan fingerprint density at radius 3 is 1.95 bits per heavy atom. The van der Waals surface area contributed by atoms with Gasteiger partial charge in [0.1, 0.15) is 6.10 Å². The molecule has 1 aliphatic rings. The Kier molecular flexibility index (Phi) is 9.35. The van der Waals surface area contributed by atoms with Crippen LogP contribution in [0.15, 0.2) is 0 Å². The minimum absolute atomic E-state index is 0.164. The number of thioether (sulfide) groups is 1. The molecule has 0 radical (unpaired) electrons. The Hall–Kier alpha value is -0.340. The maximum atomic E-state index is 10.4. The molecule has 0 amide bonds. The van der Waals surface area contributed by atoms with E-state index in [-0.39, 0.29) is 18.3 Å². The summed E-state index contributed by atoms with van der Waals surface area (Å²) in [6.07, 6.45) is 3.31. The second-order valence-corrected chi connectivity index (χ2v) is 7.40. The van der Waals surface area contributed by atoms with Gasteiger partial charge in [-0.2, -0.15) is 0 Å². The van der Waals surface area contributed by atoms with Crippen LogP contribution in [0.2, 0.25) is 0 Å². The first-order valence-electron chi connectivity index (χ1n) is 7.99. The highest BCUT2D eigenvalue weighted by atomic mass is 32.2. The minimum Gasteiger partial charge on any atom is -0.481 e. The van der Waals surface area contributed by atoms with Gasteiger partial charge in [0.05, 0.1) is 24.1 Å². The number of aliphatic hydroxyl groups is 4. The summed E-state index contributed by atoms with van der Waals surface area (Å²) in [6.45, 7) is -0.213. The number of carbonyl (C=O) groups is 1. The molecule has 0 unspecified atom stereocenters. The summed E-state index contributed by atoms with van der Waals surface area (Å²) in [5.74, 6) is -0.748. The Labute approximate surface area is 135 Å². The van der Waals surface area contributed by atoms with Crippen molar-refractivity contribution in [1.82, 2.24) is 0 Å². The van der Waals surface area contributed by atoms with Gasteiger partial charge in [0.2, 0.25) is 0 Å². The first-order valence-corrected chi connectivity index (χ1v) is 8.94. The average Bonchev–Trinajstić information content (AvgIpc) is 2.49. The van der Waals surface area contributed by atoms with E-state index in [1.165, 1.54) is 11.8 Å². The molecule has 0 spiro atoms. The lowest BCUT2D eigenvalue weighted by Crippen LogP contribution is -2.53. The quantitative estimate of drug-likeness (QED) is 0.374. The van der Waals surface area contributed by atoms with Crippen molar-refractivity contribution in [2.24, 2.45) is 0 Å². The molecule has 0 aromatic rings. The van der Waals surface area contributed by atoms with Crippen LogP contribution in [0.25, 0.3) is 0 Å². The van der Waals surface area contributed by atoms with Crippen LogP contribution in [-0.4, -0.2) is 66.9 Å². The van der Waals surface area contributed by atoms with E-state index in [1.807, 2.05) is 0 Å². The van der Waals surface area contributed by atoms with E-state index in [0.29, 0.717) is 0 Å². The third kappa shape index (κ3) is 6.42. The number of carboxylic acid groups (broad SMARTS) is 1. The lowest BCUT2D eigenvalue weighted by atomic mass is 9.97. The summed E-state index contributed by atoms with van der Waals surface area (Å²) >= 11 is 1.35. The van der Waals surface area contributed by atoms with E-state index in [9.17, 15) is 25.2 Å². The van der Waals surface area contributed by atoms with Crippen molar-refractivity contribution in [3.63, 3.8) is 0 Å². The summed E-state index contributed by atoms with van der Waals surface area (Å²) in [5.41, 5.74) is 0. The van der Waals surface area contributed by atoms with Gasteiger partial charge in [-0.25, -0.2) is 0 Å². The molecule has 1 rings (SSSR count). The van der Waals surface area contributed by atoms with Crippen LogP contribution in [0.1, 0.15) is 51.4 Å². The molecule has 0 saturated carbocycles. The van der Waals surface area contributed by atoms with E-state index in [2.05, 4.69) is 0 Å². The minimum atomic E-state index is -1.19. The summed E-state index contributed by atoms with van der Waals surface area (Å²) in [7, 11) is 0. The molecule has 130 valence electrons. The highest BCUT2D eigenvalue weighted by Gasteiger charge is 2.42. The Bertz CT molecular complexity index is 325. The smallest absolute Gasteiger partial charge is 0.303 e. The van der Waals surface area contributed by atoms with Gasteiger partial charge in [-0.15, -0.1) is 11.8 Å². The summed E-state index contributed by atoms with van der Waals surface area (Å²) < 4.78 is 0. The van der Waals surface area contributed by atoms with E-state index in [0.717, 1.165) is 44.9 Å². The van der Waals surface area contributed by atoms with Crippen LogP contribution in [0.5, 0.6) is 0 Å². The molecule has 7 heteroatoms. The van der Waals surface area contributed by atoms with Gasteiger partial charge in [-0.1, -0.05) is 32.1 Å². The van der Waals surface area contributed by atoms with Crippen LogP contribution in [0.3, 0.4) is 0 Å². The molecule has 22 heavy (non-hydrogen) atoms. The van der Waals surface area contributed by atoms with Crippen molar-refractivity contribution in [3.8, 4) is 0 Å². The normalized spacial score (nSPS) is 32.1. The van der Waals surface area contributed by atoms with E-state index in [4.69, 9.17) is 5.11 Å². The van der Waals surface area contributed by atoms with Gasteiger partial charge < -0.3 is 25.5 Å². The fourth-order valence-corrected chi connectivity index (χ4v) is 4.23. The number of hydrogen-bond donors (Lipinski definition) is 5. The Balaban J connectivity index is 2.14. The molecule has 1 saturated heterocycles. The molecule has 0 aromatic carbocycles. The van der Waals surface area contributed by atoms with Crippen molar-refractivity contribution in [2.75, 3.05) is 6.61 Å². The predicted octanol–water partition coefficient (Wildman–Crippen LogP) is 0.751. The van der Waals surface area contributed by atoms with Gasteiger partial charge in [-0.05, 0) is 12.8 Å². The van der Waals surface area contributed by atoms with Crippen molar-refractivity contribution >= 4 is 17.7 Å². The zero-order valence-corrected chi connectivity index (χ0v) is 13.6. The van der Waals surface area contributed by atoms with Gasteiger partial charge in [0.15, 0.2) is 0 Å². The highest BCUT2D eigenvalue weighted by molar-refractivity contribution is 8.00. The highest BCUT2D eigenvalue weighted by Crippen LogP contribution is 2.35. The number of hydrogen-bond acceptors (Lipinski definition) is 6. The molecule has 1 aliphatic heterocycles. The molecule has 1 heterocycles. The Morgan fingerprint density at radius 1 is 0.818 bits per heavy atom. The second kappa shape index (κ2) is 10.4. The molecular weight excluding hydrogens is 308 g/mol. The van der Waals surface area contributed by atoms with Crippen molar-refractivity contribution in [1.29, 1.82) is 0 Å². The van der Waals surface area contributed by atoms with Crippen LogP contribution in [0.4, 0.5) is 0 Å². The largest absolute Gasteiger partial charge is 0.481 e. The number of unbranched alkanes of at least 4 members (excludes halogenated alkanes) is 5. The maximum absolute atomic E-state index is 10.4. The molecule has 0 bridgehead atoms. The van der Waals surface area contributed by atoms with Crippen LogP contribution in [0, 0.1) is 0 Å². The second-order valence-electron chi connectivity index (χ2n) is 5.92. The zero-order valence-electron chi connectivity index (χ0n) is 12.8. The third-order valence-corrected chi connectivity index (χ3v) is 5.76. The van der Waals surface area contributed by atoms with Crippen molar-refractivity contribution in [3.05, 3.63) is 0 Å². The van der Waals surface area contributed by atoms with Gasteiger partial charge >= 0.3 is 5.97 Å². The summed E-state index contributed by atoms with van der Waals surface area (Å²) in [6, 6.07) is 0. The molecule has 0 aliphatic carbocycles. The fraction of sp³-hybridized carbons (Fsp3) is 0.933. The molecular formula is C15H28O6S. The molecule has 6 nitrogen and oxygen atoms in total. The predicted molar refractivity (Wildman–Crippen MR) is 84.8 cm³/mol. The van der Waals surface area contributed by atoms with Crippen molar-refractivity contribution < 1.29 is 30.3 Å². The monoisotopic (exact) mass is 336 g/mol. The standard InChI is InChI=1S/C15H28O6S/c16-9-11-14(20)15(21)13(19)10(22-11)7-5-3-1-2-4-6-8-12(17)18/h10-11,13-16,19-21H,1-9H2,(H,17,18)/t10-,11+,13+,14-,15-/m1/s1. The maximum Gasteiger partial charge on any atom is 0.303 e. The number of aliphatic carboxylic acids is 1. The van der Waals surface area contributed by atoms with Crippen molar-refractivity contribution in [2.45, 2.75) is 80.2 Å². The average molecular weight is 336 g/mol. The molecule has 5 N–H and O–H groups in total. The fourth-order valence-electron chi connectivity index (χ4n) is 2.75. The topological polar surface area (TPSA) is 118 Å². The summed E-state index contributed by atoms with van der Waals surface area (Å²) in [4.78, 5) is 10.4. The SMILES string of the molecule is O=C(O)CCCCCCCC[C@H]1S[C@@H](CO)[C@@H](O)[C@H](O)[C@H]1O. The lowest BCUT2D eigenvalue weighted by molar-refractivity contribution is -0.137. The molecule has 5 atom stereocenters. The summed E-state index contributed by atoms with van der Waals surface area (Å²) in [5, 5.41) is 46.6. The number of carboxylic acids is 1. The molecule has 0 aromatic heterocycles. The van der Waals surface area contributed by atoms with Gasteiger partial charge in [0, 0.05) is 11.7 Å². The van der Waals surface area contributed by atoms with Gasteiger partial charge in [-0.3, -0.25) is 4.79 Å². The first kappa shape index (κ1) is 19.7. The van der Waals surface area contributed by atoms with E-state index in [1.54, 1.807) is 0 Å². The first-order chi connectivity index (χ1) is 10.5. The van der Waals surface area contributed by atoms with E-state index < -0.39 is 29.5 Å². The third-order valence-electron chi connectivity index (χ3n) is 4.12. The number of aliphatic hydroxyl groups excluding tert-OH is 4. The lowest BCUT2D eigenvalue weighted by Gasteiger charge is -2.39. The Morgan fingerprint density at radius 2 is 1.36 bits per heavy atom. The van der Waals surface area contributed by atoms with Crippen LogP contribution < -0.4 is 0 Å². The zero-order chi connectivity index (χ0) is 16.5. The van der Waals surface area contributed by atoms with Crippen LogP contribution in [-0.2, 0) is 4.79 Å².